The van der Waals surface area contributed by atoms with E-state index < -0.39 is 0 Å². The van der Waals surface area contributed by atoms with Gasteiger partial charge in [-0.05, 0) is 43.2 Å². The van der Waals surface area contributed by atoms with Crippen molar-refractivity contribution >= 4 is 5.91 Å². The van der Waals surface area contributed by atoms with E-state index in [4.69, 9.17) is 9.47 Å². The molecule has 0 bridgehead atoms. The Morgan fingerprint density at radius 1 is 1.14 bits per heavy atom. The second-order valence-electron chi connectivity index (χ2n) is 5.29. The summed E-state index contributed by atoms with van der Waals surface area (Å²) in [6, 6.07) is 16.7. The summed E-state index contributed by atoms with van der Waals surface area (Å²) in [6.45, 7) is 1.35. The van der Waals surface area contributed by atoms with E-state index in [1.807, 2.05) is 42.5 Å². The van der Waals surface area contributed by atoms with Gasteiger partial charge in [0.1, 0.15) is 11.5 Å². The molecule has 1 N–H and O–H groups in total. The first-order valence-corrected chi connectivity index (χ1v) is 7.54. The van der Waals surface area contributed by atoms with Gasteiger partial charge in [-0.1, -0.05) is 24.3 Å². The molecule has 1 heterocycles. The van der Waals surface area contributed by atoms with Gasteiger partial charge in [0, 0.05) is 18.7 Å². The van der Waals surface area contributed by atoms with Crippen LogP contribution in [0.2, 0.25) is 0 Å². The van der Waals surface area contributed by atoms with Crippen molar-refractivity contribution in [3.8, 4) is 11.5 Å². The van der Waals surface area contributed by atoms with E-state index in [0.717, 1.165) is 25.2 Å². The summed E-state index contributed by atoms with van der Waals surface area (Å²) in [5.41, 5.74) is 0.589. The first-order valence-electron chi connectivity index (χ1n) is 7.54. The molecule has 114 valence electrons. The monoisotopic (exact) mass is 297 g/mol. The number of nitrogens with one attached hydrogen (secondary N) is 1. The lowest BCUT2D eigenvalue weighted by Crippen LogP contribution is -2.31. The second kappa shape index (κ2) is 7.09. The molecule has 0 aliphatic carbocycles. The Labute approximate surface area is 130 Å². The maximum absolute atomic E-state index is 12.2. The number of carbonyl (C=O) groups excluding carboxylic acids is 1. The molecule has 3 rings (SSSR count). The zero-order valence-electron chi connectivity index (χ0n) is 12.3. The van der Waals surface area contributed by atoms with Gasteiger partial charge in [0.15, 0.2) is 0 Å². The van der Waals surface area contributed by atoms with Gasteiger partial charge >= 0.3 is 0 Å². The minimum Gasteiger partial charge on any atom is -0.457 e. The van der Waals surface area contributed by atoms with E-state index in [-0.39, 0.29) is 12.0 Å². The van der Waals surface area contributed by atoms with Crippen molar-refractivity contribution in [2.45, 2.75) is 18.9 Å². The van der Waals surface area contributed by atoms with Crippen LogP contribution < -0.4 is 10.1 Å². The lowest BCUT2D eigenvalue weighted by atomic mass is 10.2. The molecule has 0 spiro atoms. The Balaban J connectivity index is 1.61. The Hall–Kier alpha value is -2.33. The zero-order chi connectivity index (χ0) is 15.2. The molecule has 2 aromatic carbocycles. The van der Waals surface area contributed by atoms with Crippen LogP contribution in [0.3, 0.4) is 0 Å². The molecular weight excluding hydrogens is 278 g/mol. The van der Waals surface area contributed by atoms with Gasteiger partial charge in [-0.15, -0.1) is 0 Å². The van der Waals surface area contributed by atoms with Crippen LogP contribution in [-0.4, -0.2) is 25.2 Å². The SMILES string of the molecule is O=C(NC[C@@H]1CCCO1)c1cccc(Oc2ccccc2)c1. The van der Waals surface area contributed by atoms with Crippen LogP contribution >= 0.6 is 0 Å². The number of rotatable bonds is 5. The van der Waals surface area contributed by atoms with Crippen molar-refractivity contribution in [3.05, 3.63) is 60.2 Å². The van der Waals surface area contributed by atoms with Crippen LogP contribution in [0.5, 0.6) is 11.5 Å². The summed E-state index contributed by atoms with van der Waals surface area (Å²) in [6.07, 6.45) is 2.23. The molecule has 1 aliphatic heterocycles. The van der Waals surface area contributed by atoms with Crippen LogP contribution in [0.15, 0.2) is 54.6 Å². The van der Waals surface area contributed by atoms with E-state index >= 15 is 0 Å². The van der Waals surface area contributed by atoms with Crippen molar-refractivity contribution < 1.29 is 14.3 Å². The number of hydrogen-bond donors (Lipinski definition) is 1. The molecule has 0 aromatic heterocycles. The van der Waals surface area contributed by atoms with E-state index in [0.29, 0.717) is 17.9 Å². The number of ether oxygens (including phenoxy) is 2. The lowest BCUT2D eigenvalue weighted by Gasteiger charge is -2.11. The van der Waals surface area contributed by atoms with Gasteiger partial charge in [0.2, 0.25) is 0 Å². The summed E-state index contributed by atoms with van der Waals surface area (Å²) < 4.78 is 11.2. The third-order valence-corrected chi connectivity index (χ3v) is 3.59. The summed E-state index contributed by atoms with van der Waals surface area (Å²) in [5, 5.41) is 2.91. The van der Waals surface area contributed by atoms with Crippen LogP contribution in [0.1, 0.15) is 23.2 Å². The molecule has 1 saturated heterocycles. The van der Waals surface area contributed by atoms with Crippen LogP contribution in [-0.2, 0) is 4.74 Å². The average molecular weight is 297 g/mol. The van der Waals surface area contributed by atoms with Gasteiger partial charge in [-0.3, -0.25) is 4.79 Å². The molecule has 1 atom stereocenters. The standard InChI is InChI=1S/C18H19NO3/c20-18(19-13-17-10-5-11-21-17)14-6-4-9-16(12-14)22-15-7-2-1-3-8-15/h1-4,6-9,12,17H,5,10-11,13H2,(H,19,20)/t17-/m0/s1. The predicted molar refractivity (Wildman–Crippen MR) is 84.3 cm³/mol. The largest absolute Gasteiger partial charge is 0.457 e. The molecule has 4 nitrogen and oxygen atoms in total. The molecule has 1 fully saturated rings. The molecule has 0 unspecified atom stereocenters. The molecule has 22 heavy (non-hydrogen) atoms. The summed E-state index contributed by atoms with van der Waals surface area (Å²) >= 11 is 0. The summed E-state index contributed by atoms with van der Waals surface area (Å²) in [7, 11) is 0. The molecule has 1 amide bonds. The zero-order valence-corrected chi connectivity index (χ0v) is 12.3. The number of hydrogen-bond acceptors (Lipinski definition) is 3. The third kappa shape index (κ3) is 3.86. The van der Waals surface area contributed by atoms with E-state index in [1.165, 1.54) is 0 Å². The van der Waals surface area contributed by atoms with Gasteiger partial charge in [-0.25, -0.2) is 0 Å². The van der Waals surface area contributed by atoms with Crippen LogP contribution in [0, 0.1) is 0 Å². The molecule has 0 radical (unpaired) electrons. The highest BCUT2D eigenvalue weighted by molar-refractivity contribution is 5.94. The van der Waals surface area contributed by atoms with Gasteiger partial charge in [0.25, 0.3) is 5.91 Å². The summed E-state index contributed by atoms with van der Waals surface area (Å²) in [4.78, 5) is 12.2. The fraction of sp³-hybridized carbons (Fsp3) is 0.278. The second-order valence-corrected chi connectivity index (χ2v) is 5.29. The highest BCUT2D eigenvalue weighted by Gasteiger charge is 2.16. The van der Waals surface area contributed by atoms with E-state index in [9.17, 15) is 4.79 Å². The number of carbonyl (C=O) groups is 1. The number of para-hydroxylation sites is 1. The molecular formula is C18H19NO3. The minimum atomic E-state index is -0.103. The van der Waals surface area contributed by atoms with Crippen molar-refractivity contribution in [2.75, 3.05) is 13.2 Å². The maximum atomic E-state index is 12.2. The smallest absolute Gasteiger partial charge is 0.251 e. The fourth-order valence-electron chi connectivity index (χ4n) is 2.44. The lowest BCUT2D eigenvalue weighted by molar-refractivity contribution is 0.0857. The van der Waals surface area contributed by atoms with E-state index in [1.54, 1.807) is 12.1 Å². The van der Waals surface area contributed by atoms with Crippen LogP contribution in [0.4, 0.5) is 0 Å². The molecule has 1 aliphatic rings. The van der Waals surface area contributed by atoms with Gasteiger partial charge < -0.3 is 14.8 Å². The quantitative estimate of drug-likeness (QED) is 0.920. The van der Waals surface area contributed by atoms with E-state index in [2.05, 4.69) is 5.32 Å². The van der Waals surface area contributed by atoms with Crippen molar-refractivity contribution in [1.82, 2.24) is 5.32 Å². The Kier molecular flexibility index (Phi) is 4.71. The van der Waals surface area contributed by atoms with Crippen LogP contribution in [0.25, 0.3) is 0 Å². The normalized spacial score (nSPS) is 17.2. The van der Waals surface area contributed by atoms with Crippen molar-refractivity contribution in [1.29, 1.82) is 0 Å². The van der Waals surface area contributed by atoms with Crippen molar-refractivity contribution in [2.24, 2.45) is 0 Å². The van der Waals surface area contributed by atoms with Crippen molar-refractivity contribution in [3.63, 3.8) is 0 Å². The topological polar surface area (TPSA) is 47.6 Å². The number of amides is 1. The Bertz CT molecular complexity index is 621. The first kappa shape index (κ1) is 14.6. The summed E-state index contributed by atoms with van der Waals surface area (Å²) in [5.74, 6) is 1.30. The maximum Gasteiger partial charge on any atom is 0.251 e. The average Bonchev–Trinajstić information content (AvgIpc) is 3.07. The highest BCUT2D eigenvalue weighted by atomic mass is 16.5. The highest BCUT2D eigenvalue weighted by Crippen LogP contribution is 2.21. The number of benzene rings is 2. The van der Waals surface area contributed by atoms with Gasteiger partial charge in [0.05, 0.1) is 6.10 Å². The minimum absolute atomic E-state index is 0.103. The Morgan fingerprint density at radius 2 is 1.95 bits per heavy atom. The fourth-order valence-corrected chi connectivity index (χ4v) is 2.44. The first-order chi connectivity index (χ1) is 10.8. The van der Waals surface area contributed by atoms with Gasteiger partial charge in [-0.2, -0.15) is 0 Å². The predicted octanol–water partition coefficient (Wildman–Crippen LogP) is 3.39. The Morgan fingerprint density at radius 3 is 2.73 bits per heavy atom. The molecule has 0 saturated carbocycles. The molecule has 4 heteroatoms. The third-order valence-electron chi connectivity index (χ3n) is 3.59. The molecule has 2 aromatic rings.